The Morgan fingerprint density at radius 2 is 1.85 bits per heavy atom. The zero-order valence-corrected chi connectivity index (χ0v) is 16.6. The number of carboxylic acids is 1. The van der Waals surface area contributed by atoms with Gasteiger partial charge in [0, 0.05) is 10.3 Å². The Balaban J connectivity index is 1.35. The van der Waals surface area contributed by atoms with Crippen molar-refractivity contribution in [3.05, 3.63) is 0 Å². The molecule has 2 amide bonds. The van der Waals surface area contributed by atoms with E-state index in [1.165, 1.54) is 23.1 Å². The molecule has 8 heteroatoms. The van der Waals surface area contributed by atoms with Crippen LogP contribution in [0.1, 0.15) is 52.4 Å². The van der Waals surface area contributed by atoms with E-state index in [9.17, 15) is 19.5 Å². The van der Waals surface area contributed by atoms with Crippen LogP contribution in [0.5, 0.6) is 0 Å². The monoisotopic (exact) mass is 393 g/mol. The lowest BCUT2D eigenvalue weighted by Gasteiger charge is -2.60. The van der Waals surface area contributed by atoms with Crippen LogP contribution >= 0.6 is 11.8 Å². The number of carbonyl (C=O) groups excluding carboxylic acids is 2. The molecule has 4 bridgehead atoms. The van der Waals surface area contributed by atoms with Crippen LogP contribution in [-0.2, 0) is 14.4 Å². The Hall–Kier alpha value is -1.28. The molecule has 2 aliphatic heterocycles. The van der Waals surface area contributed by atoms with Gasteiger partial charge in [-0.3, -0.25) is 9.59 Å². The summed E-state index contributed by atoms with van der Waals surface area (Å²) in [6.45, 7) is 3.69. The minimum absolute atomic E-state index is 0.0402. The minimum atomic E-state index is -0.987. The number of hydrogen-bond donors (Lipinski definition) is 3. The number of amides is 2. The van der Waals surface area contributed by atoms with Gasteiger partial charge in [0.25, 0.3) is 0 Å². The Bertz CT molecular complexity index is 739. The molecule has 2 saturated heterocycles. The molecule has 2 unspecified atom stereocenters. The van der Waals surface area contributed by atoms with Gasteiger partial charge in [-0.05, 0) is 64.2 Å². The predicted molar refractivity (Wildman–Crippen MR) is 99.7 cm³/mol. The third kappa shape index (κ3) is 2.35. The van der Waals surface area contributed by atoms with Crippen LogP contribution in [-0.4, -0.2) is 55.5 Å². The van der Waals surface area contributed by atoms with Gasteiger partial charge in [-0.1, -0.05) is 0 Å². The number of carboxylic acid groups (broad SMARTS) is 1. The van der Waals surface area contributed by atoms with Crippen molar-refractivity contribution in [1.29, 1.82) is 0 Å². The molecule has 4 saturated carbocycles. The van der Waals surface area contributed by atoms with Crippen molar-refractivity contribution in [2.24, 2.45) is 23.0 Å². The first kappa shape index (κ1) is 17.8. The molecule has 7 atom stereocenters. The number of fused-ring (bicyclic) bond motifs is 1. The number of aliphatic carboxylic acids is 1. The van der Waals surface area contributed by atoms with Crippen LogP contribution in [0.25, 0.3) is 0 Å². The van der Waals surface area contributed by atoms with Crippen molar-refractivity contribution in [2.45, 2.75) is 80.1 Å². The Kier molecular flexibility index (Phi) is 3.43. The predicted octanol–water partition coefficient (Wildman–Crippen LogP) is 0.916. The van der Waals surface area contributed by atoms with E-state index in [1.54, 1.807) is 0 Å². The average molecular weight is 394 g/mol. The van der Waals surface area contributed by atoms with Gasteiger partial charge in [-0.2, -0.15) is 0 Å². The van der Waals surface area contributed by atoms with Crippen molar-refractivity contribution >= 4 is 29.5 Å². The van der Waals surface area contributed by atoms with Crippen LogP contribution in [0.3, 0.4) is 0 Å². The molecule has 0 radical (unpaired) electrons. The zero-order chi connectivity index (χ0) is 19.4. The first-order valence-corrected chi connectivity index (χ1v) is 10.7. The first-order chi connectivity index (χ1) is 12.5. The van der Waals surface area contributed by atoms with Gasteiger partial charge in [0.1, 0.15) is 17.5 Å². The Morgan fingerprint density at radius 1 is 1.22 bits per heavy atom. The fourth-order valence-corrected chi connectivity index (χ4v) is 8.66. The molecule has 27 heavy (non-hydrogen) atoms. The van der Waals surface area contributed by atoms with Gasteiger partial charge in [-0.15, -0.1) is 11.8 Å². The average Bonchev–Trinajstić information content (AvgIpc) is 2.78. The highest BCUT2D eigenvalue weighted by molar-refractivity contribution is 8.01. The minimum Gasteiger partial charge on any atom is -0.480 e. The van der Waals surface area contributed by atoms with E-state index in [2.05, 4.69) is 5.32 Å². The van der Waals surface area contributed by atoms with E-state index >= 15 is 0 Å². The quantitative estimate of drug-likeness (QED) is 0.615. The van der Waals surface area contributed by atoms with E-state index < -0.39 is 28.2 Å². The van der Waals surface area contributed by atoms with Crippen LogP contribution in [0, 0.1) is 17.3 Å². The second-order valence-electron chi connectivity index (χ2n) is 10.2. The second-order valence-corrected chi connectivity index (χ2v) is 11.9. The SMILES string of the molecule is CC1(C)S[C@H]2[C@@H](NC(=O)C34C[C@@H]5C[C@@H](CC(N)(C5)C3)C4)C(=O)N2[C@H]1C(=O)O. The first-order valence-electron chi connectivity index (χ1n) is 9.86. The topological polar surface area (TPSA) is 113 Å². The lowest BCUT2D eigenvalue weighted by atomic mass is 9.47. The fraction of sp³-hybridized carbons (Fsp3) is 0.842. The molecule has 148 valence electrons. The van der Waals surface area contributed by atoms with Crippen LogP contribution in [0.15, 0.2) is 0 Å². The maximum Gasteiger partial charge on any atom is 0.327 e. The van der Waals surface area contributed by atoms with Gasteiger partial charge in [-0.25, -0.2) is 4.79 Å². The molecule has 0 spiro atoms. The number of nitrogens with zero attached hydrogens (tertiary/aromatic N) is 1. The molecule has 4 N–H and O–H groups in total. The largest absolute Gasteiger partial charge is 0.480 e. The molecule has 6 aliphatic rings. The zero-order valence-electron chi connectivity index (χ0n) is 15.7. The third-order valence-electron chi connectivity index (χ3n) is 7.55. The van der Waals surface area contributed by atoms with E-state index in [0.717, 1.165) is 25.7 Å². The van der Waals surface area contributed by atoms with Crippen LogP contribution < -0.4 is 11.1 Å². The molecular weight excluding hydrogens is 366 g/mol. The Labute approximate surface area is 162 Å². The molecular formula is C19H27N3O4S. The van der Waals surface area contributed by atoms with Crippen molar-refractivity contribution < 1.29 is 19.5 Å². The summed E-state index contributed by atoms with van der Waals surface area (Å²) in [5.74, 6) is -0.259. The lowest BCUT2D eigenvalue weighted by Crippen LogP contribution is -2.72. The van der Waals surface area contributed by atoms with Crippen LogP contribution in [0.2, 0.25) is 0 Å². The fourth-order valence-electron chi connectivity index (χ4n) is 7.04. The summed E-state index contributed by atoms with van der Waals surface area (Å²) in [6, 6.07) is -1.46. The number of nitrogens with one attached hydrogen (secondary N) is 1. The number of hydrogen-bond acceptors (Lipinski definition) is 5. The van der Waals surface area contributed by atoms with E-state index in [4.69, 9.17) is 5.73 Å². The van der Waals surface area contributed by atoms with Crippen LogP contribution in [0.4, 0.5) is 0 Å². The third-order valence-corrected chi connectivity index (χ3v) is 9.12. The second kappa shape index (κ2) is 5.20. The molecule has 0 aromatic carbocycles. The van der Waals surface area contributed by atoms with Crippen molar-refractivity contribution in [3.63, 3.8) is 0 Å². The maximum atomic E-state index is 13.3. The molecule has 4 aliphatic carbocycles. The van der Waals surface area contributed by atoms with Gasteiger partial charge < -0.3 is 21.1 Å². The van der Waals surface area contributed by atoms with Crippen molar-refractivity contribution in [3.8, 4) is 0 Å². The van der Waals surface area contributed by atoms with Gasteiger partial charge >= 0.3 is 5.97 Å². The molecule has 2 heterocycles. The maximum absolute atomic E-state index is 13.3. The van der Waals surface area contributed by atoms with Gasteiger partial charge in [0.05, 0.1) is 5.41 Å². The molecule has 0 aromatic heterocycles. The number of nitrogens with two attached hydrogens (primary N) is 1. The van der Waals surface area contributed by atoms with E-state index in [1.807, 2.05) is 13.8 Å². The van der Waals surface area contributed by atoms with E-state index in [0.29, 0.717) is 18.3 Å². The number of β-lactam (4-membered cyclic amide) rings is 1. The van der Waals surface area contributed by atoms with Crippen molar-refractivity contribution in [1.82, 2.24) is 10.2 Å². The summed E-state index contributed by atoms with van der Waals surface area (Å²) in [4.78, 5) is 39.0. The summed E-state index contributed by atoms with van der Waals surface area (Å²) in [5.41, 5.74) is 5.93. The molecule has 6 fully saturated rings. The van der Waals surface area contributed by atoms with Gasteiger partial charge in [0.15, 0.2) is 0 Å². The molecule has 7 nitrogen and oxygen atoms in total. The highest BCUT2D eigenvalue weighted by Crippen LogP contribution is 2.61. The van der Waals surface area contributed by atoms with Gasteiger partial charge in [0.2, 0.25) is 11.8 Å². The van der Waals surface area contributed by atoms with Crippen molar-refractivity contribution in [2.75, 3.05) is 0 Å². The number of thioether (sulfide) groups is 1. The summed E-state index contributed by atoms with van der Waals surface area (Å²) in [6.07, 6.45) is 5.67. The number of carbonyl (C=O) groups is 3. The number of rotatable bonds is 3. The normalized spacial score (nSPS) is 48.9. The summed E-state index contributed by atoms with van der Waals surface area (Å²) < 4.78 is -0.576. The standard InChI is InChI=1S/C19H27N3O4S/c1-17(2)12(15(24)25)22-13(23)11(14(22)27-17)21-16(26)18-4-9-3-10(5-18)7-19(20,6-9)8-18/h9-12,14H,3-8,20H2,1-2H3,(H,21,26)(H,24,25)/t9-,10+,11-,12-,14-,18?,19?/m0/s1. The molecule has 6 rings (SSSR count). The smallest absolute Gasteiger partial charge is 0.327 e. The highest BCUT2D eigenvalue weighted by Gasteiger charge is 2.66. The lowest BCUT2D eigenvalue weighted by molar-refractivity contribution is -0.164. The molecule has 0 aromatic rings. The Morgan fingerprint density at radius 3 is 2.41 bits per heavy atom. The summed E-state index contributed by atoms with van der Waals surface area (Å²) in [7, 11) is 0. The highest BCUT2D eigenvalue weighted by atomic mass is 32.2. The summed E-state index contributed by atoms with van der Waals surface area (Å²) in [5, 5.41) is 12.2. The van der Waals surface area contributed by atoms with E-state index in [-0.39, 0.29) is 22.7 Å². The summed E-state index contributed by atoms with van der Waals surface area (Å²) >= 11 is 1.47.